The molecular formula is C33H30N4O3. The van der Waals surface area contributed by atoms with Gasteiger partial charge >= 0.3 is 0 Å². The van der Waals surface area contributed by atoms with Gasteiger partial charge in [-0.25, -0.2) is 0 Å². The van der Waals surface area contributed by atoms with E-state index in [1.807, 2.05) is 25.1 Å². The lowest BCUT2D eigenvalue weighted by Crippen LogP contribution is -2.34. The number of nitriles is 1. The van der Waals surface area contributed by atoms with Crippen LogP contribution in [0.25, 0.3) is 10.4 Å². The zero-order valence-electron chi connectivity index (χ0n) is 22.9. The van der Waals surface area contributed by atoms with Crippen LogP contribution in [-0.2, 0) is 11.2 Å². The first kappa shape index (κ1) is 28.3. The van der Waals surface area contributed by atoms with Crippen LogP contribution in [-0.4, -0.2) is 24.4 Å². The highest BCUT2D eigenvalue weighted by molar-refractivity contribution is 6.11. The minimum atomic E-state index is -0.851. The van der Waals surface area contributed by atoms with Gasteiger partial charge in [0.15, 0.2) is 5.78 Å². The van der Waals surface area contributed by atoms with Gasteiger partial charge in [0.2, 0.25) is 5.91 Å². The summed E-state index contributed by atoms with van der Waals surface area (Å²) >= 11 is 0. The number of carbonyl (C=O) groups is 2. The summed E-state index contributed by atoms with van der Waals surface area (Å²) in [5, 5.41) is 13.8. The number of carbonyl (C=O) groups excluding carboxylic acids is 2. The van der Waals surface area contributed by atoms with Crippen molar-refractivity contribution in [3.8, 4) is 6.07 Å². The Morgan fingerprint density at radius 1 is 1.15 bits per heavy atom. The summed E-state index contributed by atoms with van der Waals surface area (Å²) in [7, 11) is 1.59. The highest BCUT2D eigenvalue weighted by atomic mass is 16.5. The number of hydrogen-bond acceptors (Lipinski definition) is 4. The lowest BCUT2D eigenvalue weighted by molar-refractivity contribution is 0.0370. The number of benzene rings is 2. The molecule has 2 aromatic rings. The Morgan fingerprint density at radius 3 is 2.50 bits per heavy atom. The predicted molar refractivity (Wildman–Crippen MR) is 155 cm³/mol. The van der Waals surface area contributed by atoms with Crippen LogP contribution in [0.2, 0.25) is 0 Å². The maximum absolute atomic E-state index is 13.4. The number of azide groups is 1. The molecule has 0 aromatic heterocycles. The number of ether oxygens (including phenoxy) is 1. The summed E-state index contributed by atoms with van der Waals surface area (Å²) in [6.07, 6.45) is 10.7. The van der Waals surface area contributed by atoms with E-state index in [1.165, 1.54) is 6.07 Å². The smallest absolute Gasteiger partial charge is 0.249 e. The van der Waals surface area contributed by atoms with E-state index < -0.39 is 11.5 Å². The molecule has 7 heteroatoms. The first-order valence-corrected chi connectivity index (χ1v) is 13.0. The normalized spacial score (nSPS) is 18.2. The molecular weight excluding hydrogens is 500 g/mol. The quantitative estimate of drug-likeness (QED) is 0.151. The molecule has 0 saturated heterocycles. The number of allylic oxidation sites excluding steroid dienone is 7. The highest BCUT2D eigenvalue weighted by Crippen LogP contribution is 2.42. The molecule has 0 radical (unpaired) electrons. The van der Waals surface area contributed by atoms with Crippen LogP contribution in [0.5, 0.6) is 0 Å². The lowest BCUT2D eigenvalue weighted by Gasteiger charge is -2.36. The summed E-state index contributed by atoms with van der Waals surface area (Å²) in [6, 6.07) is 14.4. The molecule has 1 amide bonds. The maximum Gasteiger partial charge on any atom is 0.249 e. The molecule has 0 fully saturated rings. The monoisotopic (exact) mass is 530 g/mol. The van der Waals surface area contributed by atoms with Crippen LogP contribution < -0.4 is 0 Å². The molecule has 4 rings (SSSR count). The number of hydrogen-bond donors (Lipinski definition) is 0. The molecule has 0 saturated carbocycles. The van der Waals surface area contributed by atoms with Crippen molar-refractivity contribution >= 4 is 11.7 Å². The fourth-order valence-electron chi connectivity index (χ4n) is 5.27. The van der Waals surface area contributed by atoms with Crippen LogP contribution in [0.3, 0.4) is 0 Å². The van der Waals surface area contributed by atoms with Crippen molar-refractivity contribution in [1.82, 2.24) is 0 Å². The van der Waals surface area contributed by atoms with E-state index in [1.54, 1.807) is 44.4 Å². The van der Waals surface area contributed by atoms with Crippen LogP contribution in [0.1, 0.15) is 63.6 Å². The molecule has 2 aliphatic rings. The molecule has 0 spiro atoms. The van der Waals surface area contributed by atoms with Gasteiger partial charge in [0.25, 0.3) is 0 Å². The lowest BCUT2D eigenvalue weighted by atomic mass is 9.74. The minimum Gasteiger partial charge on any atom is -0.374 e. The van der Waals surface area contributed by atoms with Crippen molar-refractivity contribution in [3.63, 3.8) is 0 Å². The summed E-state index contributed by atoms with van der Waals surface area (Å²) in [5.74, 6) is -0.953. The Morgan fingerprint density at radius 2 is 1.88 bits per heavy atom. The van der Waals surface area contributed by atoms with Gasteiger partial charge in [-0.15, -0.1) is 0 Å². The van der Waals surface area contributed by atoms with Crippen LogP contribution in [0.4, 0.5) is 0 Å². The first-order valence-electron chi connectivity index (χ1n) is 13.0. The van der Waals surface area contributed by atoms with E-state index in [2.05, 4.69) is 34.8 Å². The van der Waals surface area contributed by atoms with Crippen molar-refractivity contribution < 1.29 is 14.3 Å². The summed E-state index contributed by atoms with van der Waals surface area (Å²) in [4.78, 5) is 29.0. The van der Waals surface area contributed by atoms with Crippen LogP contribution in [0.15, 0.2) is 106 Å². The van der Waals surface area contributed by atoms with E-state index in [0.717, 1.165) is 29.6 Å². The predicted octanol–water partition coefficient (Wildman–Crippen LogP) is 7.61. The number of nitrogens with zero attached hydrogens (tertiary/aromatic N) is 4. The van der Waals surface area contributed by atoms with E-state index >= 15 is 0 Å². The third kappa shape index (κ3) is 5.37. The van der Waals surface area contributed by atoms with Gasteiger partial charge in [0.1, 0.15) is 0 Å². The Bertz CT molecular complexity index is 1610. The summed E-state index contributed by atoms with van der Waals surface area (Å²) in [6.45, 7) is 7.98. The Kier molecular flexibility index (Phi) is 8.45. The topological polar surface area (TPSA) is 116 Å². The van der Waals surface area contributed by atoms with Crippen molar-refractivity contribution in [1.29, 1.82) is 5.26 Å². The highest BCUT2D eigenvalue weighted by Gasteiger charge is 2.37. The Labute approximate surface area is 234 Å². The average Bonchev–Trinajstić information content (AvgIpc) is 2.99. The van der Waals surface area contributed by atoms with Gasteiger partial charge in [-0.3, -0.25) is 9.59 Å². The Balaban J connectivity index is 1.91. The minimum absolute atomic E-state index is 0.135. The van der Waals surface area contributed by atoms with Crippen molar-refractivity contribution in [2.45, 2.75) is 45.1 Å². The molecule has 40 heavy (non-hydrogen) atoms. The molecule has 0 heterocycles. The van der Waals surface area contributed by atoms with Crippen LogP contribution >= 0.6 is 0 Å². The zero-order chi connectivity index (χ0) is 28.9. The van der Waals surface area contributed by atoms with Crippen molar-refractivity contribution in [2.75, 3.05) is 7.11 Å². The van der Waals surface area contributed by atoms with Gasteiger partial charge in [-0.05, 0) is 83.6 Å². The van der Waals surface area contributed by atoms with Gasteiger partial charge in [-0.1, -0.05) is 73.3 Å². The average molecular weight is 531 g/mol. The number of methoxy groups -OCH3 is 1. The molecule has 0 bridgehead atoms. The molecule has 0 N–H and O–H groups in total. The summed E-state index contributed by atoms with van der Waals surface area (Å²) < 4.78 is 5.96. The third-order valence-electron chi connectivity index (χ3n) is 7.73. The molecule has 0 aliphatic heterocycles. The van der Waals surface area contributed by atoms with Gasteiger partial charge < -0.3 is 4.74 Å². The zero-order valence-corrected chi connectivity index (χ0v) is 22.9. The fourth-order valence-corrected chi connectivity index (χ4v) is 5.27. The molecule has 200 valence electrons. The van der Waals surface area contributed by atoms with E-state index in [0.29, 0.717) is 39.8 Å². The molecule has 2 aromatic carbocycles. The summed E-state index contributed by atoms with van der Waals surface area (Å²) in [5.41, 5.74) is 13.8. The maximum atomic E-state index is 13.4. The molecule has 7 nitrogen and oxygen atoms in total. The fraction of sp³-hybridized carbons (Fsp3) is 0.242. The largest absolute Gasteiger partial charge is 0.374 e. The van der Waals surface area contributed by atoms with Crippen LogP contribution in [0, 0.1) is 18.3 Å². The molecule has 1 unspecified atom stereocenters. The van der Waals surface area contributed by atoms with Crippen molar-refractivity contribution in [3.05, 3.63) is 139 Å². The first-order chi connectivity index (χ1) is 19.3. The number of rotatable bonds is 8. The van der Waals surface area contributed by atoms with Crippen molar-refractivity contribution in [2.24, 2.45) is 5.11 Å². The number of ketones is 1. The van der Waals surface area contributed by atoms with Gasteiger partial charge in [0.05, 0.1) is 17.2 Å². The van der Waals surface area contributed by atoms with E-state index in [9.17, 15) is 14.9 Å². The number of amides is 1. The second-order valence-electron chi connectivity index (χ2n) is 9.97. The van der Waals surface area contributed by atoms with E-state index in [4.69, 9.17) is 10.3 Å². The standard InChI is InChI=1S/C33H30N4O3/c1-21(23-11-7-5-8-12-23)25-17-18-33(3,40-4)30(29(25)20-34)19-28-22(2)26(15-16-27(28)32(39)36-37-35)31(38)24-13-9-6-10-14-24/h6-7,9-17H,1,5,8,18-19H2,2-4H3. The third-order valence-corrected chi connectivity index (χ3v) is 7.73. The molecule has 1 atom stereocenters. The van der Waals surface area contributed by atoms with Gasteiger partial charge in [0, 0.05) is 28.7 Å². The Hall–Kier alpha value is -4.76. The molecule has 2 aliphatic carbocycles. The second-order valence-corrected chi connectivity index (χ2v) is 9.97. The van der Waals surface area contributed by atoms with Gasteiger partial charge in [-0.2, -0.15) is 5.26 Å². The SMILES string of the molecule is C=C(C1=CCCC=C1)C1=CCC(C)(OC)C(Cc2c(C(=O)N=[N+]=[N-])ccc(C(=O)c3ccccc3)c2C)=C1C#N. The second kappa shape index (κ2) is 12.0. The van der Waals surface area contributed by atoms with E-state index in [-0.39, 0.29) is 17.8 Å².